The van der Waals surface area contributed by atoms with E-state index in [9.17, 15) is 9.18 Å². The van der Waals surface area contributed by atoms with Crippen LogP contribution < -0.4 is 10.6 Å². The third kappa shape index (κ3) is 3.68. The zero-order valence-corrected chi connectivity index (χ0v) is 18.2. The Kier molecular flexibility index (Phi) is 4.65. The summed E-state index contributed by atoms with van der Waals surface area (Å²) in [5.74, 6) is 0.539. The molecule has 2 N–H and O–H groups in total. The second kappa shape index (κ2) is 7.29. The van der Waals surface area contributed by atoms with Crippen LogP contribution in [0.15, 0.2) is 36.4 Å². The van der Waals surface area contributed by atoms with Gasteiger partial charge in [-0.3, -0.25) is 0 Å². The van der Waals surface area contributed by atoms with Crippen molar-refractivity contribution in [1.29, 1.82) is 0 Å². The average Bonchev–Trinajstić information content (AvgIpc) is 3.33. The van der Waals surface area contributed by atoms with Crippen LogP contribution in [0.3, 0.4) is 0 Å². The first-order valence-corrected chi connectivity index (χ1v) is 10.6. The third-order valence-corrected chi connectivity index (χ3v) is 5.82. The van der Waals surface area contributed by atoms with E-state index in [2.05, 4.69) is 14.9 Å². The summed E-state index contributed by atoms with van der Waals surface area (Å²) in [5.41, 5.74) is 8.25. The van der Waals surface area contributed by atoms with Crippen molar-refractivity contribution in [2.75, 3.05) is 23.7 Å². The SMILES string of the molecule is CC(C)(C)OC(=O)N1CC2C[C@H]1CN2c1nc(N)nc2ccc(-c3ccc(F)cc3)nc12. The first-order chi connectivity index (χ1) is 15.2. The van der Waals surface area contributed by atoms with E-state index in [4.69, 9.17) is 15.5 Å². The van der Waals surface area contributed by atoms with Crippen molar-refractivity contribution in [3.05, 3.63) is 42.2 Å². The smallest absolute Gasteiger partial charge is 0.410 e. The van der Waals surface area contributed by atoms with Gasteiger partial charge in [-0.25, -0.2) is 19.2 Å². The van der Waals surface area contributed by atoms with Gasteiger partial charge in [-0.2, -0.15) is 4.98 Å². The molecule has 2 aliphatic rings. The lowest BCUT2D eigenvalue weighted by Gasteiger charge is -2.35. The number of fused-ring (bicyclic) bond motifs is 3. The molecular weight excluding hydrogens is 411 g/mol. The molecule has 0 spiro atoms. The zero-order chi connectivity index (χ0) is 22.6. The van der Waals surface area contributed by atoms with E-state index >= 15 is 0 Å². The van der Waals surface area contributed by atoms with Crippen molar-refractivity contribution in [3.8, 4) is 11.3 Å². The molecule has 2 aliphatic heterocycles. The second-order valence-corrected chi connectivity index (χ2v) is 9.30. The number of hydrogen-bond acceptors (Lipinski definition) is 7. The number of ether oxygens (including phenoxy) is 1. The Bertz CT molecular complexity index is 1190. The average molecular weight is 436 g/mol. The van der Waals surface area contributed by atoms with Crippen LogP contribution in [-0.2, 0) is 4.74 Å². The topological polar surface area (TPSA) is 97.5 Å². The number of piperazine rings is 1. The maximum atomic E-state index is 13.3. The van der Waals surface area contributed by atoms with Gasteiger partial charge >= 0.3 is 6.09 Å². The molecule has 1 unspecified atom stereocenters. The van der Waals surface area contributed by atoms with Crippen LogP contribution >= 0.6 is 0 Å². The van der Waals surface area contributed by atoms with Crippen molar-refractivity contribution >= 4 is 28.9 Å². The van der Waals surface area contributed by atoms with Gasteiger partial charge in [0.2, 0.25) is 5.95 Å². The summed E-state index contributed by atoms with van der Waals surface area (Å²) >= 11 is 0. The number of carbonyl (C=O) groups excluding carboxylic acids is 1. The number of rotatable bonds is 2. The fraction of sp³-hybridized carbons (Fsp3) is 0.391. The predicted molar refractivity (Wildman–Crippen MR) is 120 cm³/mol. The minimum absolute atomic E-state index is 0.0429. The Hall–Kier alpha value is -3.49. The maximum Gasteiger partial charge on any atom is 0.410 e. The quantitative estimate of drug-likeness (QED) is 0.655. The Morgan fingerprint density at radius 2 is 1.81 bits per heavy atom. The highest BCUT2D eigenvalue weighted by Crippen LogP contribution is 2.37. The Morgan fingerprint density at radius 1 is 1.06 bits per heavy atom. The molecule has 0 aliphatic carbocycles. The molecule has 9 heteroatoms. The normalized spacial score (nSPS) is 20.2. The summed E-state index contributed by atoms with van der Waals surface area (Å²) in [6.45, 7) is 6.78. The summed E-state index contributed by atoms with van der Waals surface area (Å²) in [5, 5.41) is 0. The molecule has 2 saturated heterocycles. The molecule has 3 aromatic rings. The highest BCUT2D eigenvalue weighted by atomic mass is 19.1. The number of pyridine rings is 1. The monoisotopic (exact) mass is 436 g/mol. The fourth-order valence-electron chi connectivity index (χ4n) is 4.47. The lowest BCUT2D eigenvalue weighted by molar-refractivity contribution is 0.0214. The fourth-order valence-corrected chi connectivity index (χ4v) is 4.47. The van der Waals surface area contributed by atoms with Crippen molar-refractivity contribution < 1.29 is 13.9 Å². The molecule has 1 amide bonds. The van der Waals surface area contributed by atoms with Crippen LogP contribution in [0.5, 0.6) is 0 Å². The summed E-state index contributed by atoms with van der Waals surface area (Å²) in [7, 11) is 0. The van der Waals surface area contributed by atoms with E-state index in [1.165, 1.54) is 12.1 Å². The minimum atomic E-state index is -0.531. The van der Waals surface area contributed by atoms with E-state index in [1.54, 1.807) is 17.0 Å². The van der Waals surface area contributed by atoms with Gasteiger partial charge in [0, 0.05) is 18.7 Å². The van der Waals surface area contributed by atoms with Crippen molar-refractivity contribution in [1.82, 2.24) is 19.9 Å². The van der Waals surface area contributed by atoms with Gasteiger partial charge in [0.05, 0.1) is 23.3 Å². The number of hydrogen-bond donors (Lipinski definition) is 1. The van der Waals surface area contributed by atoms with Crippen LogP contribution in [0.1, 0.15) is 27.2 Å². The molecule has 1 aromatic carbocycles. The predicted octanol–water partition coefficient (Wildman–Crippen LogP) is 3.61. The van der Waals surface area contributed by atoms with Crippen LogP contribution in [0.2, 0.25) is 0 Å². The lowest BCUT2D eigenvalue weighted by atomic mass is 10.1. The molecule has 2 fully saturated rings. The van der Waals surface area contributed by atoms with Crippen molar-refractivity contribution in [2.45, 2.75) is 44.9 Å². The minimum Gasteiger partial charge on any atom is -0.444 e. The summed E-state index contributed by atoms with van der Waals surface area (Å²) < 4.78 is 18.9. The summed E-state index contributed by atoms with van der Waals surface area (Å²) in [6, 6.07) is 10.0. The van der Waals surface area contributed by atoms with Crippen LogP contribution in [0.25, 0.3) is 22.3 Å². The van der Waals surface area contributed by atoms with Gasteiger partial charge < -0.3 is 20.3 Å². The number of halogens is 1. The largest absolute Gasteiger partial charge is 0.444 e. The highest BCUT2D eigenvalue weighted by molar-refractivity contribution is 5.89. The number of anilines is 2. The van der Waals surface area contributed by atoms with Crippen LogP contribution in [0, 0.1) is 5.82 Å². The number of nitrogens with two attached hydrogens (primary N) is 1. The molecule has 8 nitrogen and oxygen atoms in total. The summed E-state index contributed by atoms with van der Waals surface area (Å²) in [4.78, 5) is 30.2. The van der Waals surface area contributed by atoms with E-state index in [1.807, 2.05) is 32.9 Å². The number of amides is 1. The molecule has 166 valence electrons. The standard InChI is InChI=1S/C23H25FN6O2/c1-23(2,3)32-22(31)30-12-15-10-16(30)11-29(15)20-19-18(27-21(25)28-20)9-8-17(26-19)13-4-6-14(24)7-5-13/h4-9,15-16H,10-12H2,1-3H3,(H2,25,27,28)/t15?,16-/m0/s1. The van der Waals surface area contributed by atoms with E-state index in [-0.39, 0.29) is 29.9 Å². The van der Waals surface area contributed by atoms with Gasteiger partial charge in [0.15, 0.2) is 5.82 Å². The molecule has 5 rings (SSSR count). The highest BCUT2D eigenvalue weighted by Gasteiger charge is 2.47. The number of nitrogen functional groups attached to an aromatic ring is 1. The molecule has 0 radical (unpaired) electrons. The van der Waals surface area contributed by atoms with Crippen LogP contribution in [-0.4, -0.2) is 56.7 Å². The van der Waals surface area contributed by atoms with Gasteiger partial charge in [0.1, 0.15) is 16.9 Å². The van der Waals surface area contributed by atoms with Gasteiger partial charge in [-0.1, -0.05) is 0 Å². The molecule has 2 bridgehead atoms. The number of nitrogens with zero attached hydrogens (tertiary/aromatic N) is 5. The molecule has 4 heterocycles. The van der Waals surface area contributed by atoms with E-state index in [0.717, 1.165) is 12.0 Å². The zero-order valence-electron chi connectivity index (χ0n) is 18.2. The van der Waals surface area contributed by atoms with Crippen molar-refractivity contribution in [2.24, 2.45) is 0 Å². The lowest BCUT2D eigenvalue weighted by Crippen LogP contribution is -2.50. The molecular formula is C23H25FN6O2. The Morgan fingerprint density at radius 3 is 2.47 bits per heavy atom. The first-order valence-electron chi connectivity index (χ1n) is 10.6. The molecule has 0 saturated carbocycles. The number of likely N-dealkylation sites (tertiary alicyclic amines) is 1. The number of benzene rings is 1. The van der Waals surface area contributed by atoms with Gasteiger partial charge in [-0.15, -0.1) is 0 Å². The first kappa shape index (κ1) is 20.4. The number of carbonyl (C=O) groups is 1. The second-order valence-electron chi connectivity index (χ2n) is 9.30. The van der Waals surface area contributed by atoms with Gasteiger partial charge in [-0.05, 0) is 63.6 Å². The van der Waals surface area contributed by atoms with Crippen LogP contribution in [0.4, 0.5) is 21.0 Å². The molecule has 2 aromatic heterocycles. The number of aromatic nitrogens is 3. The van der Waals surface area contributed by atoms with E-state index in [0.29, 0.717) is 35.6 Å². The summed E-state index contributed by atoms with van der Waals surface area (Å²) in [6.07, 6.45) is 0.552. The maximum absolute atomic E-state index is 13.3. The van der Waals surface area contributed by atoms with Crippen molar-refractivity contribution in [3.63, 3.8) is 0 Å². The van der Waals surface area contributed by atoms with E-state index < -0.39 is 5.60 Å². The Labute approximate surface area is 185 Å². The van der Waals surface area contributed by atoms with Gasteiger partial charge in [0.25, 0.3) is 0 Å². The molecule has 32 heavy (non-hydrogen) atoms. The Balaban J connectivity index is 1.47. The molecule has 2 atom stereocenters. The third-order valence-electron chi connectivity index (χ3n) is 5.82.